The summed E-state index contributed by atoms with van der Waals surface area (Å²) >= 11 is 0. The van der Waals surface area contributed by atoms with Gasteiger partial charge >= 0.3 is 0 Å². The molecular formula is C9H16N2O. The summed E-state index contributed by atoms with van der Waals surface area (Å²) in [6.45, 7) is 7.15. The molecule has 1 rings (SSSR count). The molecule has 0 fully saturated rings. The molecular weight excluding hydrogens is 152 g/mol. The van der Waals surface area contributed by atoms with Gasteiger partial charge in [-0.3, -0.25) is 4.68 Å². The molecule has 3 nitrogen and oxygen atoms in total. The Morgan fingerprint density at radius 1 is 1.50 bits per heavy atom. The fraction of sp³-hybridized carbons (Fsp3) is 0.667. The number of hydrogen-bond acceptors (Lipinski definition) is 2. The molecule has 0 radical (unpaired) electrons. The highest BCUT2D eigenvalue weighted by atomic mass is 16.5. The lowest BCUT2D eigenvalue weighted by molar-refractivity contribution is 0.198. The van der Waals surface area contributed by atoms with Crippen LogP contribution in [-0.2, 0) is 7.05 Å². The molecule has 0 atom stereocenters. The van der Waals surface area contributed by atoms with Gasteiger partial charge in [0.2, 0.25) is 0 Å². The van der Waals surface area contributed by atoms with E-state index in [0.29, 0.717) is 0 Å². The summed E-state index contributed by atoms with van der Waals surface area (Å²) in [5.41, 5.74) is 0.204. The van der Waals surface area contributed by atoms with Crippen molar-refractivity contribution in [1.29, 1.82) is 0 Å². The third-order valence-corrected chi connectivity index (χ3v) is 1.35. The minimum atomic E-state index is 0.204. The van der Waals surface area contributed by atoms with E-state index in [1.807, 2.05) is 13.2 Å². The Kier molecular flexibility index (Phi) is 2.40. The van der Waals surface area contributed by atoms with Gasteiger partial charge < -0.3 is 4.74 Å². The maximum absolute atomic E-state index is 5.51. The van der Waals surface area contributed by atoms with Crippen LogP contribution in [-0.4, -0.2) is 16.4 Å². The van der Waals surface area contributed by atoms with Crippen molar-refractivity contribution in [1.82, 2.24) is 9.78 Å². The van der Waals surface area contributed by atoms with Gasteiger partial charge in [0.25, 0.3) is 0 Å². The van der Waals surface area contributed by atoms with Gasteiger partial charge in [-0.2, -0.15) is 5.10 Å². The van der Waals surface area contributed by atoms with E-state index in [-0.39, 0.29) is 5.41 Å². The first-order chi connectivity index (χ1) is 5.47. The van der Waals surface area contributed by atoms with Crippen molar-refractivity contribution in [2.75, 3.05) is 6.61 Å². The zero-order chi connectivity index (χ0) is 9.19. The van der Waals surface area contributed by atoms with E-state index in [4.69, 9.17) is 4.74 Å². The van der Waals surface area contributed by atoms with E-state index < -0.39 is 0 Å². The summed E-state index contributed by atoms with van der Waals surface area (Å²) in [6, 6.07) is 0. The molecule has 0 aliphatic rings. The van der Waals surface area contributed by atoms with E-state index in [0.717, 1.165) is 12.4 Å². The van der Waals surface area contributed by atoms with E-state index in [1.54, 1.807) is 10.9 Å². The Balaban J connectivity index is 2.44. The van der Waals surface area contributed by atoms with Gasteiger partial charge in [0.15, 0.2) is 5.75 Å². The van der Waals surface area contributed by atoms with Crippen molar-refractivity contribution in [3.05, 3.63) is 12.4 Å². The molecule has 0 amide bonds. The van der Waals surface area contributed by atoms with Gasteiger partial charge in [-0.15, -0.1) is 0 Å². The van der Waals surface area contributed by atoms with Crippen LogP contribution >= 0.6 is 0 Å². The number of aryl methyl sites for hydroxylation is 1. The van der Waals surface area contributed by atoms with Gasteiger partial charge in [-0.05, 0) is 5.41 Å². The van der Waals surface area contributed by atoms with Crippen LogP contribution in [0.2, 0.25) is 0 Å². The molecule has 0 saturated heterocycles. The maximum Gasteiger partial charge on any atom is 0.157 e. The smallest absolute Gasteiger partial charge is 0.157 e. The second-order valence-corrected chi connectivity index (χ2v) is 4.20. The standard InChI is InChI=1S/C9H16N2O/c1-9(2,3)7-12-8-5-10-11(4)6-8/h5-6H,7H2,1-4H3. The summed E-state index contributed by atoms with van der Waals surface area (Å²) in [6.07, 6.45) is 3.59. The molecule has 0 aliphatic heterocycles. The minimum absolute atomic E-state index is 0.204. The SMILES string of the molecule is Cn1cc(OCC(C)(C)C)cn1. The van der Waals surface area contributed by atoms with Gasteiger partial charge in [0.05, 0.1) is 19.0 Å². The molecule has 12 heavy (non-hydrogen) atoms. The zero-order valence-corrected chi connectivity index (χ0v) is 8.16. The lowest BCUT2D eigenvalue weighted by Gasteiger charge is -2.17. The number of rotatable bonds is 2. The predicted octanol–water partition coefficient (Wildman–Crippen LogP) is 1.84. The van der Waals surface area contributed by atoms with Gasteiger partial charge in [-0.25, -0.2) is 0 Å². The summed E-state index contributed by atoms with van der Waals surface area (Å²) in [5, 5.41) is 4.01. The van der Waals surface area contributed by atoms with Crippen LogP contribution in [0.15, 0.2) is 12.4 Å². The van der Waals surface area contributed by atoms with Crippen LogP contribution in [0.3, 0.4) is 0 Å². The first-order valence-electron chi connectivity index (χ1n) is 4.09. The Morgan fingerprint density at radius 3 is 2.58 bits per heavy atom. The number of ether oxygens (including phenoxy) is 1. The molecule has 0 aliphatic carbocycles. The molecule has 3 heteroatoms. The normalized spacial score (nSPS) is 11.7. The second-order valence-electron chi connectivity index (χ2n) is 4.20. The third kappa shape index (κ3) is 2.95. The highest BCUT2D eigenvalue weighted by molar-refractivity contribution is 5.11. The van der Waals surface area contributed by atoms with Crippen molar-refractivity contribution >= 4 is 0 Å². The van der Waals surface area contributed by atoms with Crippen LogP contribution < -0.4 is 4.74 Å². The largest absolute Gasteiger partial charge is 0.490 e. The van der Waals surface area contributed by atoms with Crippen LogP contribution in [0.4, 0.5) is 0 Å². The Bertz CT molecular complexity index is 247. The average molecular weight is 168 g/mol. The first-order valence-corrected chi connectivity index (χ1v) is 4.09. The molecule has 0 saturated carbocycles. The number of hydrogen-bond donors (Lipinski definition) is 0. The highest BCUT2D eigenvalue weighted by Gasteiger charge is 2.11. The molecule has 0 aromatic carbocycles. The summed E-state index contributed by atoms with van der Waals surface area (Å²) in [4.78, 5) is 0. The first kappa shape index (κ1) is 9.10. The lowest BCUT2D eigenvalue weighted by atomic mass is 9.99. The van der Waals surface area contributed by atoms with E-state index in [1.165, 1.54) is 0 Å². The van der Waals surface area contributed by atoms with E-state index in [9.17, 15) is 0 Å². The van der Waals surface area contributed by atoms with Gasteiger partial charge in [0.1, 0.15) is 0 Å². The highest BCUT2D eigenvalue weighted by Crippen LogP contribution is 2.16. The van der Waals surface area contributed by atoms with E-state index >= 15 is 0 Å². The fourth-order valence-corrected chi connectivity index (χ4v) is 0.773. The molecule has 1 aromatic heterocycles. The van der Waals surface area contributed by atoms with Crippen molar-refractivity contribution in [3.8, 4) is 5.75 Å². The number of nitrogens with zero attached hydrogens (tertiary/aromatic N) is 2. The molecule has 0 unspecified atom stereocenters. The zero-order valence-electron chi connectivity index (χ0n) is 8.16. The quantitative estimate of drug-likeness (QED) is 0.673. The lowest BCUT2D eigenvalue weighted by Crippen LogP contribution is -2.16. The van der Waals surface area contributed by atoms with E-state index in [2.05, 4.69) is 25.9 Å². The molecule has 0 N–H and O–H groups in total. The Morgan fingerprint density at radius 2 is 2.17 bits per heavy atom. The summed E-state index contributed by atoms with van der Waals surface area (Å²) < 4.78 is 7.24. The van der Waals surface area contributed by atoms with Crippen molar-refractivity contribution in [3.63, 3.8) is 0 Å². The van der Waals surface area contributed by atoms with Gasteiger partial charge in [0, 0.05) is 7.05 Å². The average Bonchev–Trinajstić information content (AvgIpc) is 2.30. The van der Waals surface area contributed by atoms with Crippen molar-refractivity contribution in [2.24, 2.45) is 12.5 Å². The fourth-order valence-electron chi connectivity index (χ4n) is 0.773. The molecule has 1 aromatic rings. The monoisotopic (exact) mass is 168 g/mol. The molecule has 0 spiro atoms. The number of aromatic nitrogens is 2. The summed E-state index contributed by atoms with van der Waals surface area (Å²) in [7, 11) is 1.88. The Hall–Kier alpha value is -0.990. The molecule has 1 heterocycles. The van der Waals surface area contributed by atoms with Crippen LogP contribution in [0.25, 0.3) is 0 Å². The molecule has 68 valence electrons. The Labute approximate surface area is 73.3 Å². The predicted molar refractivity (Wildman–Crippen MR) is 48.2 cm³/mol. The van der Waals surface area contributed by atoms with Crippen LogP contribution in [0.1, 0.15) is 20.8 Å². The third-order valence-electron chi connectivity index (χ3n) is 1.35. The van der Waals surface area contributed by atoms with Crippen molar-refractivity contribution < 1.29 is 4.74 Å². The van der Waals surface area contributed by atoms with Crippen LogP contribution in [0, 0.1) is 5.41 Å². The maximum atomic E-state index is 5.51. The molecule has 0 bridgehead atoms. The summed E-state index contributed by atoms with van der Waals surface area (Å²) in [5.74, 6) is 0.840. The second kappa shape index (κ2) is 3.17. The van der Waals surface area contributed by atoms with Gasteiger partial charge in [-0.1, -0.05) is 20.8 Å². The minimum Gasteiger partial charge on any atom is -0.490 e. The topological polar surface area (TPSA) is 27.1 Å². The van der Waals surface area contributed by atoms with Crippen molar-refractivity contribution in [2.45, 2.75) is 20.8 Å². The van der Waals surface area contributed by atoms with Crippen LogP contribution in [0.5, 0.6) is 5.75 Å².